The molecule has 1 aliphatic heterocycles. The van der Waals surface area contributed by atoms with Crippen molar-refractivity contribution in [3.8, 4) is 6.07 Å². The molecule has 1 atom stereocenters. The smallest absolute Gasteiger partial charge is 0.270 e. The number of likely N-dealkylation sites (tertiary alicyclic amines) is 1. The van der Waals surface area contributed by atoms with Crippen molar-refractivity contribution >= 4 is 5.91 Å². The Morgan fingerprint density at radius 3 is 2.52 bits per heavy atom. The second-order valence-electron chi connectivity index (χ2n) is 5.88. The fourth-order valence-corrected chi connectivity index (χ4v) is 3.10. The van der Waals surface area contributed by atoms with Crippen LogP contribution < -0.4 is 0 Å². The van der Waals surface area contributed by atoms with Crippen molar-refractivity contribution in [2.24, 2.45) is 5.92 Å². The molecule has 23 heavy (non-hydrogen) atoms. The van der Waals surface area contributed by atoms with E-state index in [0.29, 0.717) is 24.5 Å². The van der Waals surface area contributed by atoms with E-state index in [9.17, 15) is 9.90 Å². The molecule has 1 fully saturated rings. The number of carbonyl (C=O) groups is 1. The van der Waals surface area contributed by atoms with Crippen molar-refractivity contribution in [1.82, 2.24) is 9.88 Å². The third-order valence-electron chi connectivity index (χ3n) is 4.45. The molecule has 0 radical (unpaired) electrons. The van der Waals surface area contributed by atoms with E-state index in [1.807, 2.05) is 36.4 Å². The second-order valence-corrected chi connectivity index (χ2v) is 5.88. The molecule has 1 amide bonds. The van der Waals surface area contributed by atoms with E-state index in [2.05, 4.69) is 4.98 Å². The fourth-order valence-electron chi connectivity index (χ4n) is 3.10. The van der Waals surface area contributed by atoms with Crippen LogP contribution in [-0.4, -0.2) is 34.0 Å². The molecular weight excluding hydrogens is 290 g/mol. The van der Waals surface area contributed by atoms with Crippen molar-refractivity contribution in [3.63, 3.8) is 0 Å². The maximum atomic E-state index is 12.4. The highest BCUT2D eigenvalue weighted by molar-refractivity contribution is 5.92. The average Bonchev–Trinajstić information content (AvgIpc) is 3.10. The maximum absolute atomic E-state index is 12.4. The normalized spacial score (nSPS) is 16.8. The number of rotatable bonds is 3. The molecule has 3 rings (SSSR count). The highest BCUT2D eigenvalue weighted by atomic mass is 16.3. The molecule has 0 aliphatic carbocycles. The number of benzene rings is 1. The minimum atomic E-state index is -0.482. The molecule has 2 heterocycles. The molecule has 0 saturated carbocycles. The van der Waals surface area contributed by atoms with Crippen molar-refractivity contribution < 1.29 is 9.90 Å². The van der Waals surface area contributed by atoms with E-state index in [1.165, 1.54) is 0 Å². The summed E-state index contributed by atoms with van der Waals surface area (Å²) in [6, 6.07) is 14.9. The van der Waals surface area contributed by atoms with E-state index >= 15 is 0 Å². The first-order valence-corrected chi connectivity index (χ1v) is 7.80. The van der Waals surface area contributed by atoms with Crippen LogP contribution in [0.25, 0.3) is 0 Å². The molecule has 1 unspecified atom stereocenters. The molecule has 2 N–H and O–H groups in total. The summed E-state index contributed by atoms with van der Waals surface area (Å²) >= 11 is 0. The van der Waals surface area contributed by atoms with Crippen LogP contribution in [0, 0.1) is 17.2 Å². The molecule has 1 aromatic heterocycles. The Hall–Kier alpha value is -2.58. The van der Waals surface area contributed by atoms with Gasteiger partial charge in [-0.1, -0.05) is 30.3 Å². The molecule has 1 saturated heterocycles. The summed E-state index contributed by atoms with van der Waals surface area (Å²) in [5, 5.41) is 19.3. The van der Waals surface area contributed by atoms with Crippen molar-refractivity contribution in [2.75, 3.05) is 13.1 Å². The summed E-state index contributed by atoms with van der Waals surface area (Å²) in [4.78, 5) is 17.0. The number of aromatic nitrogens is 1. The standard InChI is InChI=1S/C18H19N3O2/c19-12-15-6-7-16(20-15)18(23)21-10-8-14(9-11-21)17(22)13-4-2-1-3-5-13/h1-7,14,17,20,22H,8-11H2. The number of H-pyrrole nitrogens is 1. The lowest BCUT2D eigenvalue weighted by Gasteiger charge is -2.34. The largest absolute Gasteiger partial charge is 0.388 e. The molecule has 5 heteroatoms. The number of aromatic amines is 1. The van der Waals surface area contributed by atoms with Gasteiger partial charge in [-0.15, -0.1) is 0 Å². The second kappa shape index (κ2) is 6.67. The van der Waals surface area contributed by atoms with Crippen molar-refractivity contribution in [1.29, 1.82) is 5.26 Å². The Labute approximate surface area is 135 Å². The first kappa shape index (κ1) is 15.3. The zero-order valence-corrected chi connectivity index (χ0v) is 12.8. The van der Waals surface area contributed by atoms with Gasteiger partial charge in [-0.25, -0.2) is 0 Å². The molecule has 2 aromatic rings. The SMILES string of the molecule is N#Cc1ccc(C(=O)N2CCC(C(O)c3ccccc3)CC2)[nH]1. The Morgan fingerprint density at radius 1 is 1.22 bits per heavy atom. The Morgan fingerprint density at radius 2 is 1.91 bits per heavy atom. The number of carbonyl (C=O) groups excluding carboxylic acids is 1. The van der Waals surface area contributed by atoms with Crippen LogP contribution in [0.15, 0.2) is 42.5 Å². The zero-order chi connectivity index (χ0) is 16.2. The summed E-state index contributed by atoms with van der Waals surface area (Å²) in [6.07, 6.45) is 1.06. The lowest BCUT2D eigenvalue weighted by Crippen LogP contribution is -2.39. The lowest BCUT2D eigenvalue weighted by molar-refractivity contribution is 0.0459. The van der Waals surface area contributed by atoms with E-state index in [1.54, 1.807) is 17.0 Å². The number of piperidine rings is 1. The van der Waals surface area contributed by atoms with E-state index in [4.69, 9.17) is 5.26 Å². The van der Waals surface area contributed by atoms with Gasteiger partial charge in [-0.2, -0.15) is 5.26 Å². The van der Waals surface area contributed by atoms with Crippen LogP contribution in [0.4, 0.5) is 0 Å². The molecule has 5 nitrogen and oxygen atoms in total. The number of amides is 1. The number of hydrogen-bond acceptors (Lipinski definition) is 3. The van der Waals surface area contributed by atoms with E-state index in [0.717, 1.165) is 18.4 Å². The number of aliphatic hydroxyl groups excluding tert-OH is 1. The monoisotopic (exact) mass is 309 g/mol. The van der Waals surface area contributed by atoms with E-state index < -0.39 is 6.10 Å². The van der Waals surface area contributed by atoms with Gasteiger partial charge >= 0.3 is 0 Å². The van der Waals surface area contributed by atoms with Gasteiger partial charge in [0, 0.05) is 13.1 Å². The number of hydrogen-bond donors (Lipinski definition) is 2. The summed E-state index contributed by atoms with van der Waals surface area (Å²) < 4.78 is 0. The van der Waals surface area contributed by atoms with Crippen LogP contribution in [-0.2, 0) is 0 Å². The van der Waals surface area contributed by atoms with Crippen molar-refractivity contribution in [3.05, 3.63) is 59.4 Å². The number of nitrogens with one attached hydrogen (secondary N) is 1. The predicted molar refractivity (Wildman–Crippen MR) is 85.5 cm³/mol. The lowest BCUT2D eigenvalue weighted by atomic mass is 9.87. The summed E-state index contributed by atoms with van der Waals surface area (Å²) in [5.74, 6) is 0.0823. The minimum Gasteiger partial charge on any atom is -0.388 e. The number of nitrogens with zero attached hydrogens (tertiary/aromatic N) is 2. The fraction of sp³-hybridized carbons (Fsp3) is 0.333. The van der Waals surface area contributed by atoms with Gasteiger partial charge in [-0.05, 0) is 36.5 Å². The molecule has 0 spiro atoms. The van der Waals surface area contributed by atoms with Crippen LogP contribution >= 0.6 is 0 Å². The molecule has 1 aliphatic rings. The topological polar surface area (TPSA) is 80.1 Å². The summed E-state index contributed by atoms with van der Waals surface area (Å²) in [6.45, 7) is 1.24. The van der Waals surface area contributed by atoms with Crippen LogP contribution in [0.2, 0.25) is 0 Å². The Bertz CT molecular complexity index is 709. The van der Waals surface area contributed by atoms with Gasteiger partial charge in [0.2, 0.25) is 0 Å². The summed E-state index contributed by atoms with van der Waals surface area (Å²) in [7, 11) is 0. The molecule has 0 bridgehead atoms. The molecule has 1 aromatic carbocycles. The molecule has 118 valence electrons. The first-order chi connectivity index (χ1) is 11.2. The van der Waals surface area contributed by atoms with Crippen LogP contribution in [0.5, 0.6) is 0 Å². The van der Waals surface area contributed by atoms with Gasteiger partial charge in [0.25, 0.3) is 5.91 Å². The van der Waals surface area contributed by atoms with Gasteiger partial charge in [-0.3, -0.25) is 4.79 Å². The first-order valence-electron chi connectivity index (χ1n) is 7.80. The zero-order valence-electron chi connectivity index (χ0n) is 12.8. The Balaban J connectivity index is 1.60. The highest BCUT2D eigenvalue weighted by Crippen LogP contribution is 2.30. The van der Waals surface area contributed by atoms with Gasteiger partial charge in [0.05, 0.1) is 6.10 Å². The predicted octanol–water partition coefficient (Wildman–Crippen LogP) is 2.47. The van der Waals surface area contributed by atoms with Gasteiger partial charge in [0.15, 0.2) is 0 Å². The minimum absolute atomic E-state index is 0.0841. The van der Waals surface area contributed by atoms with Crippen LogP contribution in [0.3, 0.4) is 0 Å². The maximum Gasteiger partial charge on any atom is 0.270 e. The number of nitriles is 1. The third-order valence-corrected chi connectivity index (χ3v) is 4.45. The third kappa shape index (κ3) is 3.27. The molecular formula is C18H19N3O2. The number of aliphatic hydroxyl groups is 1. The summed E-state index contributed by atoms with van der Waals surface area (Å²) in [5.41, 5.74) is 1.77. The van der Waals surface area contributed by atoms with Crippen LogP contribution in [0.1, 0.15) is 40.7 Å². The highest BCUT2D eigenvalue weighted by Gasteiger charge is 2.29. The van der Waals surface area contributed by atoms with Gasteiger partial charge < -0.3 is 15.0 Å². The quantitative estimate of drug-likeness (QED) is 0.914. The van der Waals surface area contributed by atoms with Gasteiger partial charge in [0.1, 0.15) is 17.5 Å². The van der Waals surface area contributed by atoms with Crippen molar-refractivity contribution in [2.45, 2.75) is 18.9 Å². The van der Waals surface area contributed by atoms with E-state index in [-0.39, 0.29) is 11.8 Å². The Kier molecular flexibility index (Phi) is 4.45. The average molecular weight is 309 g/mol.